The van der Waals surface area contributed by atoms with Crippen LogP contribution in [0.5, 0.6) is 0 Å². The van der Waals surface area contributed by atoms with Crippen LogP contribution in [-0.4, -0.2) is 35.6 Å². The number of aromatic nitrogens is 3. The standard InChI is InChI=1S/C19H16ClN5O3S/c1-27-9-8-25-11-18(28-24-25)23-17(26)12-29-19-14(10-21)4-7-16(22-19)13-2-5-15(20)6-3-13/h2-7,11H,8-9,12H2,1H3. The zero-order valence-electron chi connectivity index (χ0n) is 15.4. The lowest BCUT2D eigenvalue weighted by atomic mass is 10.1. The highest BCUT2D eigenvalue weighted by atomic mass is 35.5. The Morgan fingerprint density at radius 3 is 2.86 bits per heavy atom. The molecule has 0 aliphatic heterocycles. The number of benzene rings is 1. The van der Waals surface area contributed by atoms with Crippen molar-refractivity contribution in [3.8, 4) is 17.3 Å². The maximum Gasteiger partial charge on any atom is 0.320 e. The van der Waals surface area contributed by atoms with Crippen LogP contribution in [0.4, 0.5) is 5.88 Å². The molecule has 148 valence electrons. The summed E-state index contributed by atoms with van der Waals surface area (Å²) in [7, 11) is 1.58. The second-order valence-corrected chi connectivity index (χ2v) is 7.16. The van der Waals surface area contributed by atoms with E-state index in [0.717, 1.165) is 17.3 Å². The van der Waals surface area contributed by atoms with Gasteiger partial charge >= 0.3 is 5.88 Å². The number of ether oxygens (including phenoxy) is 1. The summed E-state index contributed by atoms with van der Waals surface area (Å²) < 4.78 is 11.4. The van der Waals surface area contributed by atoms with Crippen LogP contribution < -0.4 is 9.79 Å². The maximum atomic E-state index is 12.2. The normalized spacial score (nSPS) is 11.4. The summed E-state index contributed by atoms with van der Waals surface area (Å²) in [5, 5.41) is 26.3. The number of aliphatic imine (C=N–C) groups is 1. The van der Waals surface area contributed by atoms with E-state index in [2.05, 4.69) is 21.3 Å². The summed E-state index contributed by atoms with van der Waals surface area (Å²) in [6.07, 6.45) is 1.52. The van der Waals surface area contributed by atoms with Crippen molar-refractivity contribution in [2.24, 2.45) is 4.99 Å². The van der Waals surface area contributed by atoms with Crippen molar-refractivity contribution in [1.29, 1.82) is 5.26 Å². The smallest absolute Gasteiger partial charge is 0.320 e. The lowest BCUT2D eigenvalue weighted by molar-refractivity contribution is -0.763. The topological polar surface area (TPSA) is 111 Å². The number of methoxy groups -OCH3 is 1. The van der Waals surface area contributed by atoms with E-state index in [1.165, 1.54) is 10.9 Å². The molecule has 0 aliphatic rings. The molecule has 0 unspecified atom stereocenters. The van der Waals surface area contributed by atoms with Gasteiger partial charge in [0, 0.05) is 23.4 Å². The molecular formula is C19H16ClN5O3S. The van der Waals surface area contributed by atoms with Crippen LogP contribution in [0, 0.1) is 11.3 Å². The van der Waals surface area contributed by atoms with Crippen molar-refractivity contribution in [3.63, 3.8) is 0 Å². The van der Waals surface area contributed by atoms with Crippen molar-refractivity contribution < 1.29 is 19.0 Å². The first-order valence-corrected chi connectivity index (χ1v) is 9.85. The molecule has 29 heavy (non-hydrogen) atoms. The summed E-state index contributed by atoms with van der Waals surface area (Å²) in [5.41, 5.74) is 1.93. The fraction of sp³-hybridized carbons (Fsp3) is 0.211. The molecule has 3 rings (SSSR count). The zero-order chi connectivity index (χ0) is 20.6. The van der Waals surface area contributed by atoms with E-state index in [1.54, 1.807) is 31.4 Å². The number of nitrogens with zero attached hydrogens (tertiary/aromatic N) is 5. The van der Waals surface area contributed by atoms with Crippen molar-refractivity contribution in [3.05, 3.63) is 53.2 Å². The van der Waals surface area contributed by atoms with Gasteiger partial charge in [0.2, 0.25) is 11.8 Å². The molecule has 0 radical (unpaired) electrons. The molecule has 0 saturated carbocycles. The van der Waals surface area contributed by atoms with Gasteiger partial charge in [0.15, 0.2) is 0 Å². The van der Waals surface area contributed by atoms with E-state index < -0.39 is 5.90 Å². The highest BCUT2D eigenvalue weighted by molar-refractivity contribution is 7.99. The van der Waals surface area contributed by atoms with Crippen LogP contribution in [0.25, 0.3) is 11.3 Å². The molecule has 1 aromatic carbocycles. The number of hydrogen-bond donors (Lipinski definition) is 0. The molecule has 0 saturated heterocycles. The Labute approximate surface area is 176 Å². The number of pyridine rings is 1. The predicted molar refractivity (Wildman–Crippen MR) is 106 cm³/mol. The molecule has 0 fully saturated rings. The summed E-state index contributed by atoms with van der Waals surface area (Å²) in [5.74, 6) is -0.312. The van der Waals surface area contributed by atoms with Crippen molar-refractivity contribution >= 4 is 35.1 Å². The maximum absolute atomic E-state index is 12.2. The third-order valence-corrected chi connectivity index (χ3v) is 4.94. The van der Waals surface area contributed by atoms with E-state index in [9.17, 15) is 10.4 Å². The molecule has 2 heterocycles. The Balaban J connectivity index is 1.71. The Bertz CT molecular complexity index is 1050. The highest BCUT2D eigenvalue weighted by Gasteiger charge is 2.11. The van der Waals surface area contributed by atoms with Gasteiger partial charge in [-0.2, -0.15) is 5.26 Å². The quantitative estimate of drug-likeness (QED) is 0.234. The summed E-state index contributed by atoms with van der Waals surface area (Å²) >= 11 is 7.06. The van der Waals surface area contributed by atoms with Gasteiger partial charge in [0.25, 0.3) is 6.20 Å². The number of thioether (sulfide) groups is 1. The lowest BCUT2D eigenvalue weighted by Crippen LogP contribution is -2.36. The van der Waals surface area contributed by atoms with Gasteiger partial charge in [0.05, 0.1) is 11.3 Å². The van der Waals surface area contributed by atoms with Gasteiger partial charge in [0.1, 0.15) is 17.7 Å². The van der Waals surface area contributed by atoms with Crippen molar-refractivity contribution in [1.82, 2.24) is 10.3 Å². The molecule has 0 aliphatic carbocycles. The second kappa shape index (κ2) is 10.0. The van der Waals surface area contributed by atoms with Crippen LogP contribution in [-0.2, 0) is 11.3 Å². The molecule has 0 amide bonds. The average molecular weight is 430 g/mol. The van der Waals surface area contributed by atoms with Crippen molar-refractivity contribution in [2.75, 3.05) is 19.5 Å². The predicted octanol–water partition coefficient (Wildman–Crippen LogP) is 2.38. The molecule has 0 bridgehead atoms. The van der Waals surface area contributed by atoms with Crippen molar-refractivity contribution in [2.45, 2.75) is 11.6 Å². The average Bonchev–Trinajstić information content (AvgIpc) is 3.18. The SMILES string of the molecule is COCC[n+]1cc(/N=C(\[O-])CSc2nc(-c3ccc(Cl)cc3)ccc2C#N)on1. The molecule has 8 nitrogen and oxygen atoms in total. The van der Waals surface area contributed by atoms with E-state index in [0.29, 0.717) is 34.5 Å². The lowest BCUT2D eigenvalue weighted by Gasteiger charge is -2.10. The molecule has 0 spiro atoms. The van der Waals surface area contributed by atoms with Gasteiger partial charge in [-0.25, -0.2) is 9.98 Å². The largest absolute Gasteiger partial charge is 0.861 e. The Hall–Kier alpha value is -2.93. The van der Waals surface area contributed by atoms with Gasteiger partial charge in [-0.05, 0) is 34.8 Å². The van der Waals surface area contributed by atoms with Crippen LogP contribution in [0.3, 0.4) is 0 Å². The molecule has 0 atom stereocenters. The third-order valence-electron chi connectivity index (χ3n) is 3.71. The fourth-order valence-electron chi connectivity index (χ4n) is 2.31. The Morgan fingerprint density at radius 2 is 2.14 bits per heavy atom. The van der Waals surface area contributed by atoms with Crippen LogP contribution in [0.1, 0.15) is 5.56 Å². The first kappa shape index (κ1) is 20.8. The minimum absolute atomic E-state index is 0.00449. The van der Waals surface area contributed by atoms with Crippen LogP contribution >= 0.6 is 23.4 Å². The summed E-state index contributed by atoms with van der Waals surface area (Å²) in [6.45, 7) is 0.957. The summed E-state index contributed by atoms with van der Waals surface area (Å²) in [6, 6.07) is 12.7. The van der Waals surface area contributed by atoms with Gasteiger partial charge in [-0.15, -0.1) is 0 Å². The number of nitriles is 1. The minimum atomic E-state index is -0.423. The van der Waals surface area contributed by atoms with Crippen LogP contribution in [0.2, 0.25) is 5.02 Å². The molecule has 10 heteroatoms. The number of halogens is 1. The van der Waals surface area contributed by atoms with E-state index >= 15 is 0 Å². The molecule has 2 aromatic heterocycles. The minimum Gasteiger partial charge on any atom is -0.861 e. The number of rotatable bonds is 8. The zero-order valence-corrected chi connectivity index (χ0v) is 17.0. The monoisotopic (exact) mass is 429 g/mol. The first-order chi connectivity index (χ1) is 14.1. The third kappa shape index (κ3) is 5.77. The summed E-state index contributed by atoms with van der Waals surface area (Å²) in [4.78, 5) is 8.38. The molecule has 0 N–H and O–H groups in total. The van der Waals surface area contributed by atoms with E-state index in [-0.39, 0.29) is 11.6 Å². The molecular weight excluding hydrogens is 414 g/mol. The second-order valence-electron chi connectivity index (χ2n) is 5.76. The first-order valence-electron chi connectivity index (χ1n) is 8.49. The van der Waals surface area contributed by atoms with E-state index in [1.807, 2.05) is 12.1 Å². The molecule has 3 aromatic rings. The van der Waals surface area contributed by atoms with Gasteiger partial charge in [-0.3, -0.25) is 4.52 Å². The highest BCUT2D eigenvalue weighted by Crippen LogP contribution is 2.26. The van der Waals surface area contributed by atoms with Crippen LogP contribution in [0.15, 0.2) is 57.1 Å². The Kier molecular flexibility index (Phi) is 7.19. The van der Waals surface area contributed by atoms with E-state index in [4.69, 9.17) is 20.9 Å². The van der Waals surface area contributed by atoms with Gasteiger partial charge < -0.3 is 9.84 Å². The number of hydrogen-bond acceptors (Lipinski definition) is 8. The Morgan fingerprint density at radius 1 is 1.34 bits per heavy atom. The fourth-order valence-corrected chi connectivity index (χ4v) is 3.19. The van der Waals surface area contributed by atoms with Gasteiger partial charge in [-0.1, -0.05) is 35.5 Å².